The maximum atomic E-state index is 9.27. The number of fused-ring (bicyclic) bond motifs is 1. The molecule has 0 fully saturated rings. The van der Waals surface area contributed by atoms with Crippen molar-refractivity contribution in [2.24, 2.45) is 0 Å². The quantitative estimate of drug-likeness (QED) is 0.674. The summed E-state index contributed by atoms with van der Waals surface area (Å²) in [5.41, 5.74) is 8.86. The van der Waals surface area contributed by atoms with Crippen LogP contribution < -0.4 is 5.73 Å². The smallest absolute Gasteiger partial charge is 0.115 e. The molecule has 18 heavy (non-hydrogen) atoms. The van der Waals surface area contributed by atoms with E-state index in [2.05, 4.69) is 16.8 Å². The van der Waals surface area contributed by atoms with Crippen LogP contribution in [0.3, 0.4) is 0 Å². The molecule has 3 aromatic rings. The van der Waals surface area contributed by atoms with E-state index in [1.54, 1.807) is 12.1 Å². The fourth-order valence-electron chi connectivity index (χ4n) is 2.14. The normalized spacial score (nSPS) is 10.9. The maximum absolute atomic E-state index is 9.27. The topological polar surface area (TPSA) is 51.2 Å². The van der Waals surface area contributed by atoms with Crippen LogP contribution in [0.1, 0.15) is 5.56 Å². The SMILES string of the molecule is Nc1ccc2ccn(Cc3ccc(O)cc3)c2c1. The van der Waals surface area contributed by atoms with Crippen LogP contribution in [0.25, 0.3) is 10.9 Å². The molecule has 3 heteroatoms. The van der Waals surface area contributed by atoms with Gasteiger partial charge in [0.15, 0.2) is 0 Å². The third-order valence-electron chi connectivity index (χ3n) is 3.09. The fraction of sp³-hybridized carbons (Fsp3) is 0.0667. The minimum atomic E-state index is 0.292. The molecule has 0 radical (unpaired) electrons. The molecule has 0 bridgehead atoms. The number of nitrogens with zero attached hydrogens (tertiary/aromatic N) is 1. The summed E-state index contributed by atoms with van der Waals surface area (Å²) < 4.78 is 2.15. The molecular formula is C15H14N2O. The Hall–Kier alpha value is -2.42. The summed E-state index contributed by atoms with van der Waals surface area (Å²) in [7, 11) is 0. The number of nitrogens with two attached hydrogens (primary N) is 1. The number of anilines is 1. The van der Waals surface area contributed by atoms with E-state index in [1.165, 1.54) is 5.39 Å². The molecular weight excluding hydrogens is 224 g/mol. The van der Waals surface area contributed by atoms with Crippen LogP contribution in [0.4, 0.5) is 5.69 Å². The van der Waals surface area contributed by atoms with Crippen LogP contribution in [-0.2, 0) is 6.54 Å². The van der Waals surface area contributed by atoms with Gasteiger partial charge in [-0.3, -0.25) is 0 Å². The monoisotopic (exact) mass is 238 g/mol. The van der Waals surface area contributed by atoms with Gasteiger partial charge < -0.3 is 15.4 Å². The summed E-state index contributed by atoms with van der Waals surface area (Å²) >= 11 is 0. The van der Waals surface area contributed by atoms with Crippen molar-refractivity contribution in [3.63, 3.8) is 0 Å². The molecule has 1 heterocycles. The van der Waals surface area contributed by atoms with Gasteiger partial charge in [-0.15, -0.1) is 0 Å². The number of aromatic nitrogens is 1. The molecule has 3 nitrogen and oxygen atoms in total. The van der Waals surface area contributed by atoms with Gasteiger partial charge in [0.25, 0.3) is 0 Å². The van der Waals surface area contributed by atoms with Gasteiger partial charge in [-0.05, 0) is 41.3 Å². The van der Waals surface area contributed by atoms with Crippen LogP contribution in [-0.4, -0.2) is 9.67 Å². The predicted octanol–water partition coefficient (Wildman–Crippen LogP) is 2.98. The van der Waals surface area contributed by atoms with Gasteiger partial charge in [0.05, 0.1) is 5.52 Å². The molecule has 3 rings (SSSR count). The number of benzene rings is 2. The van der Waals surface area contributed by atoms with E-state index in [0.29, 0.717) is 5.75 Å². The average molecular weight is 238 g/mol. The first kappa shape index (κ1) is 10.7. The maximum Gasteiger partial charge on any atom is 0.115 e. The van der Waals surface area contributed by atoms with Crippen molar-refractivity contribution >= 4 is 16.6 Å². The molecule has 3 N–H and O–H groups in total. The third kappa shape index (κ3) is 1.91. The number of rotatable bonds is 2. The van der Waals surface area contributed by atoms with Crippen molar-refractivity contribution in [1.29, 1.82) is 0 Å². The molecule has 0 saturated carbocycles. The molecule has 0 saturated heterocycles. The summed E-state index contributed by atoms with van der Waals surface area (Å²) in [6.07, 6.45) is 2.05. The molecule has 0 unspecified atom stereocenters. The molecule has 2 aromatic carbocycles. The average Bonchev–Trinajstić information content (AvgIpc) is 2.75. The van der Waals surface area contributed by atoms with Gasteiger partial charge in [0.2, 0.25) is 0 Å². The Morgan fingerprint density at radius 3 is 2.56 bits per heavy atom. The van der Waals surface area contributed by atoms with Crippen molar-refractivity contribution in [1.82, 2.24) is 4.57 Å². The largest absolute Gasteiger partial charge is 0.508 e. The second kappa shape index (κ2) is 4.11. The first-order valence-corrected chi connectivity index (χ1v) is 5.85. The van der Waals surface area contributed by atoms with Crippen molar-refractivity contribution in [2.45, 2.75) is 6.54 Å². The van der Waals surface area contributed by atoms with Gasteiger partial charge in [-0.2, -0.15) is 0 Å². The number of hydrogen-bond acceptors (Lipinski definition) is 2. The number of nitrogen functional groups attached to an aromatic ring is 1. The van der Waals surface area contributed by atoms with E-state index in [4.69, 9.17) is 5.73 Å². The first-order valence-electron chi connectivity index (χ1n) is 5.85. The lowest BCUT2D eigenvalue weighted by Gasteiger charge is -2.06. The summed E-state index contributed by atoms with van der Waals surface area (Å²) in [5, 5.41) is 10.5. The van der Waals surface area contributed by atoms with Crippen LogP contribution in [0.2, 0.25) is 0 Å². The van der Waals surface area contributed by atoms with Gasteiger partial charge in [-0.25, -0.2) is 0 Å². The molecule has 90 valence electrons. The highest BCUT2D eigenvalue weighted by molar-refractivity contribution is 5.83. The zero-order valence-electron chi connectivity index (χ0n) is 9.88. The lowest BCUT2D eigenvalue weighted by atomic mass is 10.2. The zero-order valence-corrected chi connectivity index (χ0v) is 9.88. The minimum Gasteiger partial charge on any atom is -0.508 e. The van der Waals surface area contributed by atoms with Gasteiger partial charge >= 0.3 is 0 Å². The van der Waals surface area contributed by atoms with E-state index in [9.17, 15) is 5.11 Å². The van der Waals surface area contributed by atoms with Crippen molar-refractivity contribution in [3.8, 4) is 5.75 Å². The molecule has 0 aliphatic rings. The molecule has 0 amide bonds. The first-order chi connectivity index (χ1) is 8.72. The summed E-state index contributed by atoms with van der Waals surface area (Å²) in [6.45, 7) is 0.771. The Bertz CT molecular complexity index is 683. The fourth-order valence-corrected chi connectivity index (χ4v) is 2.14. The second-order valence-corrected chi connectivity index (χ2v) is 4.43. The van der Waals surface area contributed by atoms with Crippen molar-refractivity contribution < 1.29 is 5.11 Å². The Labute approximate surface area is 105 Å². The third-order valence-corrected chi connectivity index (χ3v) is 3.09. The highest BCUT2D eigenvalue weighted by Crippen LogP contribution is 2.20. The predicted molar refractivity (Wildman–Crippen MR) is 73.6 cm³/mol. The van der Waals surface area contributed by atoms with Gasteiger partial charge in [0.1, 0.15) is 5.75 Å². The summed E-state index contributed by atoms with van der Waals surface area (Å²) in [4.78, 5) is 0. The standard InChI is InChI=1S/C15H14N2O/c16-13-4-3-12-7-8-17(15(12)9-13)10-11-1-5-14(18)6-2-11/h1-9,18H,10,16H2. The lowest BCUT2D eigenvalue weighted by Crippen LogP contribution is -1.97. The summed E-state index contributed by atoms with van der Waals surface area (Å²) in [6, 6.07) is 15.3. The van der Waals surface area contributed by atoms with Crippen LogP contribution in [0, 0.1) is 0 Å². The number of phenols is 1. The zero-order chi connectivity index (χ0) is 12.5. The second-order valence-electron chi connectivity index (χ2n) is 4.43. The molecule has 0 atom stereocenters. The van der Waals surface area contributed by atoms with Crippen LogP contribution >= 0.6 is 0 Å². The Morgan fingerprint density at radius 2 is 1.78 bits per heavy atom. The van der Waals surface area contributed by atoms with Gasteiger partial charge in [0, 0.05) is 18.4 Å². The summed E-state index contributed by atoms with van der Waals surface area (Å²) in [5.74, 6) is 0.292. The Balaban J connectivity index is 1.99. The van der Waals surface area contributed by atoms with E-state index < -0.39 is 0 Å². The van der Waals surface area contributed by atoms with E-state index in [1.807, 2.05) is 30.3 Å². The van der Waals surface area contributed by atoms with Crippen LogP contribution in [0.5, 0.6) is 5.75 Å². The number of aromatic hydroxyl groups is 1. The van der Waals surface area contributed by atoms with Crippen molar-refractivity contribution in [3.05, 3.63) is 60.3 Å². The molecule has 0 aliphatic heterocycles. The highest BCUT2D eigenvalue weighted by atomic mass is 16.3. The molecule has 0 spiro atoms. The minimum absolute atomic E-state index is 0.292. The van der Waals surface area contributed by atoms with E-state index >= 15 is 0 Å². The molecule has 1 aromatic heterocycles. The van der Waals surface area contributed by atoms with E-state index in [-0.39, 0.29) is 0 Å². The Kier molecular flexibility index (Phi) is 2.45. The lowest BCUT2D eigenvalue weighted by molar-refractivity contribution is 0.475. The number of hydrogen-bond donors (Lipinski definition) is 2. The molecule has 0 aliphatic carbocycles. The van der Waals surface area contributed by atoms with Crippen LogP contribution in [0.15, 0.2) is 54.7 Å². The van der Waals surface area contributed by atoms with E-state index in [0.717, 1.165) is 23.3 Å². The Morgan fingerprint density at radius 1 is 1.00 bits per heavy atom. The van der Waals surface area contributed by atoms with Gasteiger partial charge in [-0.1, -0.05) is 18.2 Å². The number of phenolic OH excluding ortho intramolecular Hbond substituents is 1. The highest BCUT2D eigenvalue weighted by Gasteiger charge is 2.02. The van der Waals surface area contributed by atoms with Crippen molar-refractivity contribution in [2.75, 3.05) is 5.73 Å².